The maximum Gasteiger partial charge on any atom is 0.320 e. The number of benzene rings is 2. The summed E-state index contributed by atoms with van der Waals surface area (Å²) in [4.78, 5) is 16.0. The van der Waals surface area contributed by atoms with Gasteiger partial charge in [0.1, 0.15) is 23.8 Å². The quantitative estimate of drug-likeness (QED) is 0.612. The average Bonchev–Trinajstić information content (AvgIpc) is 2.68. The zero-order chi connectivity index (χ0) is 20.1. The van der Waals surface area contributed by atoms with E-state index in [0.717, 1.165) is 22.2 Å². The number of methoxy groups -OCH3 is 1. The van der Waals surface area contributed by atoms with Gasteiger partial charge in [-0.1, -0.05) is 11.6 Å². The molecule has 3 rings (SSSR count). The Labute approximate surface area is 166 Å². The highest BCUT2D eigenvalue weighted by Gasteiger charge is 2.11. The van der Waals surface area contributed by atoms with Crippen molar-refractivity contribution in [3.8, 4) is 23.3 Å². The van der Waals surface area contributed by atoms with E-state index in [1.165, 1.54) is 0 Å². The maximum atomic E-state index is 11.6. The lowest BCUT2D eigenvalue weighted by molar-refractivity contribution is 0.253. The topological polar surface area (TPSA) is 96.3 Å². The van der Waals surface area contributed by atoms with Gasteiger partial charge >= 0.3 is 6.03 Å². The second-order valence-corrected chi connectivity index (χ2v) is 6.26. The van der Waals surface area contributed by atoms with Crippen molar-refractivity contribution < 1.29 is 14.3 Å². The summed E-state index contributed by atoms with van der Waals surface area (Å²) in [5.41, 5.74) is 2.12. The third-order valence-corrected chi connectivity index (χ3v) is 4.28. The van der Waals surface area contributed by atoms with E-state index in [9.17, 15) is 4.79 Å². The molecule has 28 heavy (non-hydrogen) atoms. The van der Waals surface area contributed by atoms with Gasteiger partial charge in [-0.3, -0.25) is 4.98 Å². The fourth-order valence-corrected chi connectivity index (χ4v) is 2.86. The zero-order valence-corrected chi connectivity index (χ0v) is 16.0. The Balaban J connectivity index is 1.84. The summed E-state index contributed by atoms with van der Waals surface area (Å²) in [7, 11) is 1.62. The van der Waals surface area contributed by atoms with Crippen molar-refractivity contribution in [1.29, 1.82) is 5.26 Å². The van der Waals surface area contributed by atoms with E-state index < -0.39 is 6.03 Å². The van der Waals surface area contributed by atoms with Crippen LogP contribution in [0.1, 0.15) is 5.56 Å². The number of aryl methyl sites for hydroxylation is 1. The minimum Gasteiger partial charge on any atom is -0.496 e. The molecule has 0 saturated carbocycles. The second kappa shape index (κ2) is 8.46. The molecule has 0 aliphatic heterocycles. The summed E-state index contributed by atoms with van der Waals surface area (Å²) in [6, 6.07) is 11.8. The average molecular weight is 397 g/mol. The molecule has 0 spiro atoms. The number of carbonyl (C=O) groups excluding carboxylic acids is 1. The van der Waals surface area contributed by atoms with Gasteiger partial charge in [-0.2, -0.15) is 5.26 Å². The molecular formula is C20H17ClN4O3. The molecule has 3 aromatic rings. The highest BCUT2D eigenvalue weighted by Crippen LogP contribution is 2.34. The molecule has 1 heterocycles. The zero-order valence-electron chi connectivity index (χ0n) is 15.2. The summed E-state index contributed by atoms with van der Waals surface area (Å²) >= 11 is 6.24. The number of hydrogen-bond donors (Lipinski definition) is 2. The van der Waals surface area contributed by atoms with Crippen LogP contribution in [0.5, 0.6) is 17.2 Å². The number of anilines is 1. The number of fused-ring (bicyclic) bond motifs is 1. The molecule has 0 radical (unpaired) electrons. The third kappa shape index (κ3) is 4.24. The minimum atomic E-state index is -0.512. The molecule has 7 nitrogen and oxygen atoms in total. The summed E-state index contributed by atoms with van der Waals surface area (Å²) in [6.45, 7) is 1.85. The van der Waals surface area contributed by atoms with Crippen LogP contribution in [0.25, 0.3) is 10.9 Å². The van der Waals surface area contributed by atoms with Crippen molar-refractivity contribution in [3.05, 3.63) is 53.2 Å². The normalized spacial score (nSPS) is 10.2. The van der Waals surface area contributed by atoms with Crippen molar-refractivity contribution in [2.24, 2.45) is 0 Å². The molecule has 2 aromatic carbocycles. The number of hydrogen-bond acceptors (Lipinski definition) is 5. The summed E-state index contributed by atoms with van der Waals surface area (Å²) in [6.07, 6.45) is 1.66. The molecule has 0 fully saturated rings. The molecule has 1 aromatic heterocycles. The van der Waals surface area contributed by atoms with E-state index in [1.807, 2.05) is 25.1 Å². The van der Waals surface area contributed by atoms with Crippen LogP contribution in [-0.2, 0) is 0 Å². The van der Waals surface area contributed by atoms with Crippen molar-refractivity contribution in [3.63, 3.8) is 0 Å². The molecular weight excluding hydrogens is 380 g/mol. The van der Waals surface area contributed by atoms with E-state index >= 15 is 0 Å². The van der Waals surface area contributed by atoms with Crippen LogP contribution in [0.4, 0.5) is 10.5 Å². The van der Waals surface area contributed by atoms with Crippen LogP contribution in [0.2, 0.25) is 5.02 Å². The molecule has 8 heteroatoms. The molecule has 0 aliphatic carbocycles. The predicted molar refractivity (Wildman–Crippen MR) is 107 cm³/mol. The highest BCUT2D eigenvalue weighted by atomic mass is 35.5. The lowest BCUT2D eigenvalue weighted by atomic mass is 10.1. The van der Waals surface area contributed by atoms with Crippen LogP contribution in [-0.4, -0.2) is 24.7 Å². The van der Waals surface area contributed by atoms with E-state index in [2.05, 4.69) is 15.6 Å². The molecule has 0 saturated heterocycles. The first-order valence-electron chi connectivity index (χ1n) is 8.34. The molecule has 2 amide bonds. The predicted octanol–water partition coefficient (Wildman–Crippen LogP) is 4.64. The summed E-state index contributed by atoms with van der Waals surface area (Å²) < 4.78 is 11.3. The number of urea groups is 1. The van der Waals surface area contributed by atoms with Gasteiger partial charge in [0, 0.05) is 23.7 Å². The van der Waals surface area contributed by atoms with Gasteiger partial charge in [0.05, 0.1) is 29.4 Å². The SMILES string of the molecule is COc1cc2nccc(Oc3ccc(NC(=O)NCC#N)c(Cl)c3)c2cc1C. The number of amides is 2. The number of ether oxygens (including phenoxy) is 2. The Morgan fingerprint density at radius 1 is 1.25 bits per heavy atom. The Kier molecular flexibility index (Phi) is 5.82. The Morgan fingerprint density at radius 3 is 2.79 bits per heavy atom. The van der Waals surface area contributed by atoms with Crippen LogP contribution in [0, 0.1) is 18.3 Å². The molecule has 0 bridgehead atoms. The Hall–Kier alpha value is -3.50. The lowest BCUT2D eigenvalue weighted by Gasteiger charge is -2.13. The van der Waals surface area contributed by atoms with E-state index in [1.54, 1.807) is 37.6 Å². The van der Waals surface area contributed by atoms with E-state index in [0.29, 0.717) is 22.2 Å². The summed E-state index contributed by atoms with van der Waals surface area (Å²) in [5, 5.41) is 14.6. The smallest absolute Gasteiger partial charge is 0.320 e. The largest absolute Gasteiger partial charge is 0.496 e. The van der Waals surface area contributed by atoms with E-state index in [4.69, 9.17) is 26.3 Å². The van der Waals surface area contributed by atoms with Gasteiger partial charge in [-0.05, 0) is 36.8 Å². The molecule has 0 atom stereocenters. The van der Waals surface area contributed by atoms with Crippen LogP contribution < -0.4 is 20.1 Å². The number of nitrogens with zero attached hydrogens (tertiary/aromatic N) is 2. The van der Waals surface area contributed by atoms with Crippen LogP contribution in [0.3, 0.4) is 0 Å². The minimum absolute atomic E-state index is 0.0933. The molecule has 142 valence electrons. The Morgan fingerprint density at radius 2 is 2.07 bits per heavy atom. The number of nitrogens with one attached hydrogen (secondary N) is 2. The van der Waals surface area contributed by atoms with Gasteiger partial charge < -0.3 is 20.1 Å². The molecule has 2 N–H and O–H groups in total. The van der Waals surface area contributed by atoms with Crippen LogP contribution >= 0.6 is 11.6 Å². The first-order chi connectivity index (χ1) is 13.5. The number of pyridine rings is 1. The van der Waals surface area contributed by atoms with Gasteiger partial charge in [-0.25, -0.2) is 4.79 Å². The number of rotatable bonds is 5. The van der Waals surface area contributed by atoms with Crippen molar-refractivity contribution in [2.45, 2.75) is 6.92 Å². The number of nitriles is 1. The molecule has 0 aliphatic rings. The first kappa shape index (κ1) is 19.3. The van der Waals surface area contributed by atoms with Crippen molar-refractivity contribution in [2.75, 3.05) is 19.0 Å². The fraction of sp³-hybridized carbons (Fsp3) is 0.150. The first-order valence-corrected chi connectivity index (χ1v) is 8.72. The van der Waals surface area contributed by atoms with Crippen molar-refractivity contribution in [1.82, 2.24) is 10.3 Å². The van der Waals surface area contributed by atoms with E-state index in [-0.39, 0.29) is 6.54 Å². The van der Waals surface area contributed by atoms with Gasteiger partial charge in [0.2, 0.25) is 0 Å². The monoisotopic (exact) mass is 396 g/mol. The lowest BCUT2D eigenvalue weighted by Crippen LogP contribution is -2.28. The summed E-state index contributed by atoms with van der Waals surface area (Å²) in [5.74, 6) is 1.89. The highest BCUT2D eigenvalue weighted by molar-refractivity contribution is 6.33. The fourth-order valence-electron chi connectivity index (χ4n) is 2.64. The Bertz CT molecular complexity index is 1080. The number of halogens is 1. The third-order valence-electron chi connectivity index (χ3n) is 3.96. The second-order valence-electron chi connectivity index (χ2n) is 5.86. The molecule has 0 unspecified atom stereocenters. The van der Waals surface area contributed by atoms with Gasteiger partial charge in [0.25, 0.3) is 0 Å². The van der Waals surface area contributed by atoms with Crippen molar-refractivity contribution >= 4 is 34.2 Å². The number of aromatic nitrogens is 1. The van der Waals surface area contributed by atoms with Gasteiger partial charge in [0.15, 0.2) is 0 Å². The van der Waals surface area contributed by atoms with Gasteiger partial charge in [-0.15, -0.1) is 0 Å². The number of carbonyl (C=O) groups is 1. The van der Waals surface area contributed by atoms with Crippen LogP contribution in [0.15, 0.2) is 42.6 Å². The standard InChI is InChI=1S/C20H17ClN4O3/c1-12-9-14-17(11-19(12)27-2)23-7-5-18(14)28-13-3-4-16(15(21)10-13)25-20(26)24-8-6-22/h3-5,7,9-11H,8H2,1-2H3,(H2,24,25,26). The maximum absolute atomic E-state index is 11.6.